The third-order valence-corrected chi connectivity index (χ3v) is 4.98. The lowest BCUT2D eigenvalue weighted by Crippen LogP contribution is -2.31. The molecule has 0 saturated carbocycles. The van der Waals surface area contributed by atoms with Crippen molar-refractivity contribution >= 4 is 22.5 Å². The average Bonchev–Trinajstić information content (AvgIpc) is 2.92. The zero-order valence-corrected chi connectivity index (χ0v) is 11.9. The number of thioether (sulfide) groups is 1. The number of rotatable bonds is 3. The highest BCUT2D eigenvalue weighted by atomic mass is 32.2. The van der Waals surface area contributed by atoms with E-state index >= 15 is 0 Å². The van der Waals surface area contributed by atoms with E-state index in [-0.39, 0.29) is 6.04 Å². The highest BCUT2D eigenvalue weighted by molar-refractivity contribution is 7.99. The summed E-state index contributed by atoms with van der Waals surface area (Å²) in [6.45, 7) is 2.13. The first-order valence-electron chi connectivity index (χ1n) is 6.80. The molecule has 0 aliphatic carbocycles. The highest BCUT2D eigenvalue weighted by Gasteiger charge is 2.20. The molecule has 100 valence electrons. The van der Waals surface area contributed by atoms with E-state index in [1.54, 1.807) is 0 Å². The summed E-state index contributed by atoms with van der Waals surface area (Å²) < 4.78 is 0. The lowest BCUT2D eigenvalue weighted by atomic mass is 10.0. The molecule has 0 radical (unpaired) electrons. The molecule has 3 rings (SSSR count). The Balaban J connectivity index is 1.89. The van der Waals surface area contributed by atoms with Gasteiger partial charge in [-0.25, -0.2) is 0 Å². The molecule has 1 saturated heterocycles. The van der Waals surface area contributed by atoms with Crippen LogP contribution in [-0.4, -0.2) is 22.7 Å². The largest absolute Gasteiger partial charge is 0.507 e. The van der Waals surface area contributed by atoms with E-state index in [2.05, 4.69) is 18.3 Å². The average molecular weight is 273 g/mol. The number of benzene rings is 2. The van der Waals surface area contributed by atoms with Crippen molar-refractivity contribution in [2.24, 2.45) is 0 Å². The summed E-state index contributed by atoms with van der Waals surface area (Å²) in [5.74, 6) is 2.84. The molecule has 2 atom stereocenters. The SMILES string of the molecule is CC(NC1CCSC1)c1ccc2ccccc2c1O. The maximum absolute atomic E-state index is 10.4. The van der Waals surface area contributed by atoms with Crippen molar-refractivity contribution in [2.75, 3.05) is 11.5 Å². The van der Waals surface area contributed by atoms with Crippen LogP contribution in [0.2, 0.25) is 0 Å². The van der Waals surface area contributed by atoms with Crippen molar-refractivity contribution in [1.29, 1.82) is 0 Å². The van der Waals surface area contributed by atoms with Gasteiger partial charge in [0, 0.05) is 28.8 Å². The summed E-state index contributed by atoms with van der Waals surface area (Å²) in [6, 6.07) is 12.9. The monoisotopic (exact) mass is 273 g/mol. The molecule has 2 nitrogen and oxygen atoms in total. The van der Waals surface area contributed by atoms with Gasteiger partial charge in [0.25, 0.3) is 0 Å². The molecule has 2 N–H and O–H groups in total. The van der Waals surface area contributed by atoms with Crippen LogP contribution >= 0.6 is 11.8 Å². The molecule has 2 aromatic carbocycles. The molecule has 0 bridgehead atoms. The van der Waals surface area contributed by atoms with Gasteiger partial charge in [-0.1, -0.05) is 36.4 Å². The van der Waals surface area contributed by atoms with Gasteiger partial charge < -0.3 is 10.4 Å². The Bertz CT molecular complexity index is 578. The van der Waals surface area contributed by atoms with E-state index in [4.69, 9.17) is 0 Å². The smallest absolute Gasteiger partial charge is 0.128 e. The van der Waals surface area contributed by atoms with E-state index in [9.17, 15) is 5.11 Å². The fourth-order valence-electron chi connectivity index (χ4n) is 2.73. The van der Waals surface area contributed by atoms with Crippen LogP contribution in [0.15, 0.2) is 36.4 Å². The molecule has 3 heteroatoms. The molecular weight excluding hydrogens is 254 g/mol. The molecule has 2 aromatic rings. The highest BCUT2D eigenvalue weighted by Crippen LogP contribution is 2.33. The molecule has 0 spiro atoms. The van der Waals surface area contributed by atoms with E-state index in [1.807, 2.05) is 42.1 Å². The molecule has 0 amide bonds. The third kappa shape index (κ3) is 2.58. The van der Waals surface area contributed by atoms with Crippen LogP contribution in [-0.2, 0) is 0 Å². The predicted molar refractivity (Wildman–Crippen MR) is 82.9 cm³/mol. The lowest BCUT2D eigenvalue weighted by Gasteiger charge is -2.20. The predicted octanol–water partition coefficient (Wildman–Crippen LogP) is 3.70. The molecule has 0 aromatic heterocycles. The van der Waals surface area contributed by atoms with Crippen LogP contribution in [0.25, 0.3) is 10.8 Å². The minimum atomic E-state index is 0.188. The first-order chi connectivity index (χ1) is 9.25. The van der Waals surface area contributed by atoms with Crippen molar-refractivity contribution < 1.29 is 5.11 Å². The Morgan fingerprint density at radius 3 is 2.89 bits per heavy atom. The summed E-state index contributed by atoms with van der Waals surface area (Å²) in [4.78, 5) is 0. The van der Waals surface area contributed by atoms with Crippen molar-refractivity contribution in [3.05, 3.63) is 42.0 Å². The van der Waals surface area contributed by atoms with Crippen LogP contribution < -0.4 is 5.32 Å². The quantitative estimate of drug-likeness (QED) is 0.894. The maximum atomic E-state index is 10.4. The Hall–Kier alpha value is -1.19. The van der Waals surface area contributed by atoms with E-state index < -0.39 is 0 Å². The fourth-order valence-corrected chi connectivity index (χ4v) is 3.90. The summed E-state index contributed by atoms with van der Waals surface area (Å²) in [7, 11) is 0. The minimum Gasteiger partial charge on any atom is -0.507 e. The van der Waals surface area contributed by atoms with Gasteiger partial charge in [0.1, 0.15) is 5.75 Å². The molecular formula is C16H19NOS. The molecule has 1 heterocycles. The van der Waals surface area contributed by atoms with Gasteiger partial charge >= 0.3 is 0 Å². The van der Waals surface area contributed by atoms with E-state index in [0.717, 1.165) is 16.3 Å². The van der Waals surface area contributed by atoms with Crippen molar-refractivity contribution in [3.8, 4) is 5.75 Å². The van der Waals surface area contributed by atoms with Gasteiger partial charge in [-0.2, -0.15) is 11.8 Å². The Morgan fingerprint density at radius 1 is 1.26 bits per heavy atom. The second kappa shape index (κ2) is 5.43. The fraction of sp³-hybridized carbons (Fsp3) is 0.375. The van der Waals surface area contributed by atoms with Gasteiger partial charge in [0.05, 0.1) is 0 Å². The Labute approximate surface area is 118 Å². The Morgan fingerprint density at radius 2 is 2.11 bits per heavy atom. The first kappa shape index (κ1) is 12.8. The molecule has 2 unspecified atom stereocenters. The van der Waals surface area contributed by atoms with E-state index in [1.165, 1.54) is 17.9 Å². The number of phenols is 1. The van der Waals surface area contributed by atoms with Crippen LogP contribution in [0.5, 0.6) is 5.75 Å². The number of aromatic hydroxyl groups is 1. The molecule has 19 heavy (non-hydrogen) atoms. The van der Waals surface area contributed by atoms with Crippen molar-refractivity contribution in [2.45, 2.75) is 25.4 Å². The normalized spacial score (nSPS) is 20.8. The summed E-state index contributed by atoms with van der Waals surface area (Å²) >= 11 is 2.00. The summed E-state index contributed by atoms with van der Waals surface area (Å²) in [6.07, 6.45) is 1.23. The maximum Gasteiger partial charge on any atom is 0.128 e. The van der Waals surface area contributed by atoms with Crippen molar-refractivity contribution in [1.82, 2.24) is 5.32 Å². The zero-order valence-electron chi connectivity index (χ0n) is 11.1. The zero-order chi connectivity index (χ0) is 13.2. The van der Waals surface area contributed by atoms with Gasteiger partial charge in [-0.3, -0.25) is 0 Å². The molecule has 1 aliphatic rings. The molecule has 1 fully saturated rings. The second-order valence-electron chi connectivity index (χ2n) is 5.17. The van der Waals surface area contributed by atoms with Gasteiger partial charge in [-0.05, 0) is 24.5 Å². The van der Waals surface area contributed by atoms with Crippen LogP contribution in [0, 0.1) is 0 Å². The van der Waals surface area contributed by atoms with Crippen LogP contribution in [0.1, 0.15) is 24.9 Å². The number of nitrogens with one attached hydrogen (secondary N) is 1. The van der Waals surface area contributed by atoms with Gasteiger partial charge in [0.15, 0.2) is 0 Å². The van der Waals surface area contributed by atoms with E-state index in [0.29, 0.717) is 11.8 Å². The van der Waals surface area contributed by atoms with Gasteiger partial charge in [0.2, 0.25) is 0 Å². The number of hydrogen-bond donors (Lipinski definition) is 2. The van der Waals surface area contributed by atoms with Gasteiger partial charge in [-0.15, -0.1) is 0 Å². The van der Waals surface area contributed by atoms with Crippen molar-refractivity contribution in [3.63, 3.8) is 0 Å². The Kier molecular flexibility index (Phi) is 3.67. The third-order valence-electron chi connectivity index (χ3n) is 3.81. The summed E-state index contributed by atoms with van der Waals surface area (Å²) in [5.41, 5.74) is 0.996. The lowest BCUT2D eigenvalue weighted by molar-refractivity contribution is 0.441. The minimum absolute atomic E-state index is 0.188. The standard InChI is InChI=1S/C16H19NOS/c1-11(17-13-8-9-19-10-13)14-7-6-12-4-2-3-5-15(12)16(14)18/h2-7,11,13,17-18H,8-10H2,1H3. The van der Waals surface area contributed by atoms with Crippen LogP contribution in [0.4, 0.5) is 0 Å². The molecule has 1 aliphatic heterocycles. The topological polar surface area (TPSA) is 32.3 Å². The number of hydrogen-bond acceptors (Lipinski definition) is 3. The van der Waals surface area contributed by atoms with Crippen LogP contribution in [0.3, 0.4) is 0 Å². The number of phenolic OH excluding ortho intramolecular Hbond substituents is 1. The summed E-state index contributed by atoms with van der Waals surface area (Å²) in [5, 5.41) is 16.1. The second-order valence-corrected chi connectivity index (χ2v) is 6.32. The number of fused-ring (bicyclic) bond motifs is 1. The first-order valence-corrected chi connectivity index (χ1v) is 7.95.